The van der Waals surface area contributed by atoms with Gasteiger partial charge in [0.1, 0.15) is 67.1 Å². The number of ether oxygens (including phenoxy) is 6. The van der Waals surface area contributed by atoms with E-state index in [0.29, 0.717) is 31.6 Å². The molecule has 3 saturated heterocycles. The SMILES string of the molecule is C[C@H]1[C@H](C)CC[C@]2(C(=O)O[C@@H]3O[C@H](CO[C@@H]4O[C@H](CO)[C@@H](O[C@@H]5O[C@@H](C)[C@H](O)[C@@H](O)[C@H]5O)[C@H](O)[C@H]4O)[C@@H](O)[C@H](O)[C@H]3O)CC[C@]3(C)C(=CC[C@@H]4[C@@]5(C)C[C@@H](O)[C@H](O)C(C)(C)[C@@H]5CC[C@]43C)[C@H]12. The smallest absolute Gasteiger partial charge is 0.315 e. The molecule has 378 valence electrons. The van der Waals surface area contributed by atoms with Gasteiger partial charge in [0.2, 0.25) is 6.29 Å². The number of carbonyl (C=O) groups excluding carboxylic acids is 1. The second-order valence-electron chi connectivity index (χ2n) is 23.1. The quantitative estimate of drug-likeness (QED) is 0.113. The highest BCUT2D eigenvalue weighted by Crippen LogP contribution is 2.76. The van der Waals surface area contributed by atoms with Gasteiger partial charge in [-0.25, -0.2) is 0 Å². The molecular formula is C48H78O18. The number of aliphatic hydroxyl groups excluding tert-OH is 11. The first-order valence-electron chi connectivity index (χ1n) is 24.4. The van der Waals surface area contributed by atoms with Gasteiger partial charge in [0, 0.05) is 0 Å². The summed E-state index contributed by atoms with van der Waals surface area (Å²) in [5.74, 6) is 0.0877. The highest BCUT2D eigenvalue weighted by atomic mass is 16.8. The first-order valence-corrected chi connectivity index (χ1v) is 24.4. The molecule has 11 N–H and O–H groups in total. The summed E-state index contributed by atoms with van der Waals surface area (Å²) in [5, 5.41) is 119. The second kappa shape index (κ2) is 18.0. The van der Waals surface area contributed by atoms with Crippen molar-refractivity contribution >= 4 is 5.97 Å². The lowest BCUT2D eigenvalue weighted by Crippen LogP contribution is -2.67. The summed E-state index contributed by atoms with van der Waals surface area (Å²) in [7, 11) is 0. The van der Waals surface area contributed by atoms with Crippen LogP contribution in [0.15, 0.2) is 11.6 Å². The fourth-order valence-electron chi connectivity index (χ4n) is 15.2. The van der Waals surface area contributed by atoms with Crippen LogP contribution in [0.1, 0.15) is 107 Å². The number of hydrogen-bond acceptors (Lipinski definition) is 18. The minimum Gasteiger partial charge on any atom is -0.432 e. The Balaban J connectivity index is 0.981. The number of allylic oxidation sites excluding steroid dienone is 2. The third-order valence-corrected chi connectivity index (χ3v) is 19.6. The molecular weight excluding hydrogens is 865 g/mol. The minimum absolute atomic E-state index is 0.0916. The molecule has 3 aliphatic heterocycles. The molecule has 18 nitrogen and oxygen atoms in total. The highest BCUT2D eigenvalue weighted by molar-refractivity contribution is 5.79. The zero-order valence-electron chi connectivity index (χ0n) is 39.6. The number of rotatable bonds is 8. The van der Waals surface area contributed by atoms with E-state index >= 15 is 0 Å². The van der Waals surface area contributed by atoms with E-state index in [1.54, 1.807) is 0 Å². The van der Waals surface area contributed by atoms with Crippen LogP contribution in [-0.2, 0) is 33.2 Å². The lowest BCUT2D eigenvalue weighted by Gasteiger charge is -2.71. The first kappa shape index (κ1) is 50.9. The Hall–Kier alpha value is -1.43. The predicted molar refractivity (Wildman–Crippen MR) is 230 cm³/mol. The van der Waals surface area contributed by atoms with Gasteiger partial charge in [-0.1, -0.05) is 60.1 Å². The Kier molecular flexibility index (Phi) is 13.9. The van der Waals surface area contributed by atoms with Crippen molar-refractivity contribution in [2.75, 3.05) is 13.2 Å². The molecule has 66 heavy (non-hydrogen) atoms. The second-order valence-corrected chi connectivity index (χ2v) is 23.1. The average molecular weight is 943 g/mol. The monoisotopic (exact) mass is 943 g/mol. The highest BCUT2D eigenvalue weighted by Gasteiger charge is 2.71. The van der Waals surface area contributed by atoms with Crippen LogP contribution in [0, 0.1) is 56.7 Å². The zero-order chi connectivity index (χ0) is 48.4. The molecule has 0 bridgehead atoms. The molecule has 0 unspecified atom stereocenters. The normalized spacial score (nSPS) is 55.9. The first-order chi connectivity index (χ1) is 30.8. The largest absolute Gasteiger partial charge is 0.432 e. The number of hydrogen-bond donors (Lipinski definition) is 11. The molecule has 5 aliphatic carbocycles. The van der Waals surface area contributed by atoms with Gasteiger partial charge in [0.05, 0.1) is 36.9 Å². The van der Waals surface area contributed by atoms with E-state index in [0.717, 1.165) is 25.7 Å². The summed E-state index contributed by atoms with van der Waals surface area (Å²) in [6, 6.07) is 0. The molecule has 0 aromatic rings. The van der Waals surface area contributed by atoms with Gasteiger partial charge >= 0.3 is 5.97 Å². The van der Waals surface area contributed by atoms with Crippen molar-refractivity contribution in [1.29, 1.82) is 0 Å². The molecule has 18 heteroatoms. The molecule has 0 spiro atoms. The van der Waals surface area contributed by atoms with E-state index in [-0.39, 0.29) is 39.9 Å². The van der Waals surface area contributed by atoms with Crippen LogP contribution < -0.4 is 0 Å². The van der Waals surface area contributed by atoms with E-state index in [1.807, 2.05) is 0 Å². The maximum absolute atomic E-state index is 15.0. The molecule has 26 atom stereocenters. The fourth-order valence-corrected chi connectivity index (χ4v) is 15.2. The van der Waals surface area contributed by atoms with Crippen LogP contribution in [0.4, 0.5) is 0 Å². The Labute approximate surface area is 387 Å². The average Bonchev–Trinajstić information content (AvgIpc) is 3.27. The van der Waals surface area contributed by atoms with Crippen molar-refractivity contribution < 1.29 is 89.4 Å². The third kappa shape index (κ3) is 7.69. The molecule has 0 aromatic heterocycles. The molecule has 0 aromatic carbocycles. The van der Waals surface area contributed by atoms with E-state index in [1.165, 1.54) is 12.5 Å². The van der Waals surface area contributed by atoms with Gasteiger partial charge in [0.25, 0.3) is 0 Å². The Morgan fingerprint density at radius 2 is 1.33 bits per heavy atom. The summed E-state index contributed by atoms with van der Waals surface area (Å²) in [6.07, 6.45) is -17.7. The topological polar surface area (TPSA) is 295 Å². The Morgan fingerprint density at radius 1 is 0.697 bits per heavy atom. The summed E-state index contributed by atoms with van der Waals surface area (Å²) in [6.45, 7) is 15.7. The van der Waals surface area contributed by atoms with Gasteiger partial charge in [-0.2, -0.15) is 0 Å². The third-order valence-electron chi connectivity index (χ3n) is 19.6. The van der Waals surface area contributed by atoms with Crippen LogP contribution in [-0.4, -0.2) is 180 Å². The summed E-state index contributed by atoms with van der Waals surface area (Å²) < 4.78 is 34.8. The lowest BCUT2D eigenvalue weighted by atomic mass is 9.33. The molecule has 8 rings (SSSR count). The van der Waals surface area contributed by atoms with Gasteiger partial charge in [-0.3, -0.25) is 4.79 Å². The number of fused-ring (bicyclic) bond motifs is 7. The maximum atomic E-state index is 15.0. The van der Waals surface area contributed by atoms with Crippen LogP contribution in [0.2, 0.25) is 0 Å². The van der Waals surface area contributed by atoms with Crippen LogP contribution in [0.25, 0.3) is 0 Å². The van der Waals surface area contributed by atoms with Crippen molar-refractivity contribution in [2.45, 2.75) is 211 Å². The maximum Gasteiger partial charge on any atom is 0.315 e. The van der Waals surface area contributed by atoms with Crippen LogP contribution in [0.5, 0.6) is 0 Å². The van der Waals surface area contributed by atoms with Gasteiger partial charge in [-0.05, 0) is 110 Å². The molecule has 4 saturated carbocycles. The van der Waals surface area contributed by atoms with Gasteiger partial charge in [0.15, 0.2) is 12.6 Å². The van der Waals surface area contributed by atoms with Crippen molar-refractivity contribution in [3.05, 3.63) is 11.6 Å². The van der Waals surface area contributed by atoms with E-state index < -0.39 is 134 Å². The van der Waals surface area contributed by atoms with Crippen molar-refractivity contribution in [2.24, 2.45) is 56.7 Å². The standard InChI is InChI=1S/C48H78O18/c1-20-11-14-48(16-15-46(7)23(29(48)21(20)2)9-10-28-45(6)17-24(50)39(59)44(4,5)27(45)12-13-47(28,46)8)43(60)66-42-36(57)33(54)31(52)26(64-42)19-61-40-37(58)34(55)38(25(18-49)63-40)65-41-35(56)32(53)30(51)22(3)62-41/h9,20-22,24-42,49-59H,10-19H2,1-8H3/t20-,21+,22+,24-,25-,26-,27+,28-,29+,30+,31-,32-,33+,34-,35-,36-,37-,38-,39+,40-,41+,42+,45+,46-,47-,48+/m1/s1. The molecule has 7 fully saturated rings. The van der Waals surface area contributed by atoms with Crippen molar-refractivity contribution in [1.82, 2.24) is 0 Å². The Bertz CT molecular complexity index is 1800. The van der Waals surface area contributed by atoms with Crippen LogP contribution >= 0.6 is 0 Å². The van der Waals surface area contributed by atoms with Crippen LogP contribution in [0.3, 0.4) is 0 Å². The minimum atomic E-state index is -1.85. The molecule has 8 aliphatic rings. The molecule has 3 heterocycles. The zero-order valence-corrected chi connectivity index (χ0v) is 39.6. The summed E-state index contributed by atoms with van der Waals surface area (Å²) >= 11 is 0. The predicted octanol–water partition coefficient (Wildman–Crippen LogP) is -0.00520. The fraction of sp³-hybridized carbons (Fsp3) is 0.938. The Morgan fingerprint density at radius 3 is 2.02 bits per heavy atom. The van der Waals surface area contributed by atoms with E-state index in [2.05, 4.69) is 54.5 Å². The van der Waals surface area contributed by atoms with E-state index in [9.17, 15) is 61.0 Å². The number of carbonyl (C=O) groups is 1. The summed E-state index contributed by atoms with van der Waals surface area (Å²) in [5.41, 5.74) is -0.848. The van der Waals surface area contributed by atoms with E-state index in [4.69, 9.17) is 28.4 Å². The number of aliphatic hydroxyl groups is 11. The molecule has 0 amide bonds. The number of esters is 1. The van der Waals surface area contributed by atoms with Gasteiger partial charge < -0.3 is 84.6 Å². The lowest BCUT2D eigenvalue weighted by molar-refractivity contribution is -0.361. The van der Waals surface area contributed by atoms with Crippen molar-refractivity contribution in [3.63, 3.8) is 0 Å². The molecule has 0 radical (unpaired) electrons. The summed E-state index contributed by atoms with van der Waals surface area (Å²) in [4.78, 5) is 15.0. The van der Waals surface area contributed by atoms with Gasteiger partial charge in [-0.15, -0.1) is 0 Å². The van der Waals surface area contributed by atoms with Crippen molar-refractivity contribution in [3.8, 4) is 0 Å².